The van der Waals surface area contributed by atoms with Crippen LogP contribution in [-0.2, 0) is 19.1 Å². The fourth-order valence-corrected chi connectivity index (χ4v) is 5.12. The minimum atomic E-state index is -0.922. The number of nitrogens with zero attached hydrogens (tertiary/aromatic N) is 1. The molecule has 8 heteroatoms. The van der Waals surface area contributed by atoms with E-state index in [9.17, 15) is 14.4 Å². The van der Waals surface area contributed by atoms with Crippen molar-refractivity contribution in [3.63, 3.8) is 0 Å². The molecule has 3 rings (SSSR count). The Bertz CT molecular complexity index is 625. The van der Waals surface area contributed by atoms with Gasteiger partial charge in [0.25, 0.3) is 0 Å². The molecular formula is C20H33N3O5. The van der Waals surface area contributed by atoms with Crippen LogP contribution < -0.4 is 10.6 Å². The van der Waals surface area contributed by atoms with Crippen LogP contribution in [0.2, 0.25) is 0 Å². The number of unbranched alkanes of at least 4 members (excludes halogenated alkanes) is 1. The molecule has 158 valence electrons. The van der Waals surface area contributed by atoms with E-state index in [-0.39, 0.29) is 36.5 Å². The third-order valence-corrected chi connectivity index (χ3v) is 6.14. The molecule has 0 radical (unpaired) electrons. The molecule has 2 unspecified atom stereocenters. The summed E-state index contributed by atoms with van der Waals surface area (Å²) in [5, 5.41) is 14.9. The van der Waals surface area contributed by atoms with Gasteiger partial charge in [0.2, 0.25) is 17.7 Å². The van der Waals surface area contributed by atoms with Crippen molar-refractivity contribution in [1.82, 2.24) is 15.5 Å². The summed E-state index contributed by atoms with van der Waals surface area (Å²) in [7, 11) is 0. The maximum absolute atomic E-state index is 13.4. The summed E-state index contributed by atoms with van der Waals surface area (Å²) < 4.78 is 6.29. The summed E-state index contributed by atoms with van der Waals surface area (Å²) in [6.45, 7) is 6.73. The standard InChI is InChI=1S/C20H33N3O5/c1-4-9-21-17(25)14-13-7-8-20(28-13)15(14)19(27)23(10-5-6-11-24)16(20)18(26)22-12(2)3/h12-16,24H,4-11H2,1-3H3,(H,21,25)(H,22,26)/t13-,14+,15-,16?,20?/m0/s1. The van der Waals surface area contributed by atoms with Gasteiger partial charge in [0.05, 0.1) is 17.9 Å². The fourth-order valence-electron chi connectivity index (χ4n) is 5.12. The number of aliphatic hydroxyl groups is 1. The highest BCUT2D eigenvalue weighted by Gasteiger charge is 2.74. The minimum absolute atomic E-state index is 0.0417. The summed E-state index contributed by atoms with van der Waals surface area (Å²) in [6.07, 6.45) is 2.97. The first-order valence-corrected chi connectivity index (χ1v) is 10.5. The van der Waals surface area contributed by atoms with E-state index < -0.39 is 23.5 Å². The Morgan fingerprint density at radius 1 is 1.32 bits per heavy atom. The number of carbonyl (C=O) groups excluding carboxylic acids is 3. The van der Waals surface area contributed by atoms with Crippen LogP contribution in [0, 0.1) is 11.8 Å². The highest BCUT2D eigenvalue weighted by Crippen LogP contribution is 2.58. The Labute approximate surface area is 166 Å². The molecule has 3 saturated heterocycles. The Morgan fingerprint density at radius 3 is 2.71 bits per heavy atom. The lowest BCUT2D eigenvalue weighted by Crippen LogP contribution is -2.56. The Balaban J connectivity index is 1.91. The first kappa shape index (κ1) is 21.0. The summed E-state index contributed by atoms with van der Waals surface area (Å²) in [4.78, 5) is 40.9. The molecule has 0 saturated carbocycles. The van der Waals surface area contributed by atoms with Crippen molar-refractivity contribution in [2.75, 3.05) is 19.7 Å². The zero-order chi connectivity index (χ0) is 20.5. The SMILES string of the molecule is CCCNC(=O)[C@@H]1[C@@H]2CCC3(O2)C(C(=O)NC(C)C)N(CCCCO)C(=O)[C@H]13. The second-order valence-corrected chi connectivity index (χ2v) is 8.47. The van der Waals surface area contributed by atoms with Crippen molar-refractivity contribution < 1.29 is 24.2 Å². The largest absolute Gasteiger partial charge is 0.396 e. The molecule has 0 aromatic heterocycles. The normalized spacial score (nSPS) is 33.5. The van der Waals surface area contributed by atoms with E-state index in [0.29, 0.717) is 38.8 Å². The van der Waals surface area contributed by atoms with Crippen molar-refractivity contribution >= 4 is 17.7 Å². The van der Waals surface area contributed by atoms with Crippen molar-refractivity contribution in [2.24, 2.45) is 11.8 Å². The maximum atomic E-state index is 13.4. The highest BCUT2D eigenvalue weighted by molar-refractivity contribution is 5.98. The van der Waals surface area contributed by atoms with Gasteiger partial charge in [0.15, 0.2) is 0 Å². The number of hydrogen-bond donors (Lipinski definition) is 3. The van der Waals surface area contributed by atoms with Crippen LogP contribution in [-0.4, -0.2) is 71.2 Å². The predicted molar refractivity (Wildman–Crippen MR) is 102 cm³/mol. The minimum Gasteiger partial charge on any atom is -0.396 e. The van der Waals surface area contributed by atoms with Crippen LogP contribution in [0.4, 0.5) is 0 Å². The monoisotopic (exact) mass is 395 g/mol. The lowest BCUT2D eigenvalue weighted by molar-refractivity contribution is -0.142. The van der Waals surface area contributed by atoms with Gasteiger partial charge < -0.3 is 25.4 Å². The highest BCUT2D eigenvalue weighted by atomic mass is 16.5. The molecule has 5 atom stereocenters. The fraction of sp³-hybridized carbons (Fsp3) is 0.850. The number of aliphatic hydroxyl groups excluding tert-OH is 1. The summed E-state index contributed by atoms with van der Waals surface area (Å²) in [5.74, 6) is -1.68. The average Bonchev–Trinajstić information content (AvgIpc) is 3.27. The topological polar surface area (TPSA) is 108 Å². The number of amides is 3. The molecule has 3 aliphatic rings. The van der Waals surface area contributed by atoms with E-state index in [2.05, 4.69) is 10.6 Å². The maximum Gasteiger partial charge on any atom is 0.246 e. The second-order valence-electron chi connectivity index (χ2n) is 8.47. The van der Waals surface area contributed by atoms with Crippen LogP contribution in [0.1, 0.15) is 52.9 Å². The van der Waals surface area contributed by atoms with Gasteiger partial charge in [-0.1, -0.05) is 6.92 Å². The number of likely N-dealkylation sites (tertiary alicyclic amines) is 1. The van der Waals surface area contributed by atoms with Gasteiger partial charge >= 0.3 is 0 Å². The van der Waals surface area contributed by atoms with Crippen molar-refractivity contribution in [1.29, 1.82) is 0 Å². The third-order valence-electron chi connectivity index (χ3n) is 6.14. The number of fused-ring (bicyclic) bond motifs is 1. The predicted octanol–water partition coefficient (Wildman–Crippen LogP) is 0.184. The Hall–Kier alpha value is -1.67. The van der Waals surface area contributed by atoms with Gasteiger partial charge in [-0.3, -0.25) is 14.4 Å². The van der Waals surface area contributed by atoms with E-state index in [1.54, 1.807) is 4.90 Å². The summed E-state index contributed by atoms with van der Waals surface area (Å²) in [6, 6.07) is -0.778. The molecule has 0 aliphatic carbocycles. The molecule has 3 aliphatic heterocycles. The number of rotatable bonds is 9. The van der Waals surface area contributed by atoms with Gasteiger partial charge in [0.1, 0.15) is 11.6 Å². The summed E-state index contributed by atoms with van der Waals surface area (Å²) in [5.41, 5.74) is -0.922. The Kier molecular flexibility index (Phi) is 6.29. The van der Waals surface area contributed by atoms with Gasteiger partial charge in [-0.05, 0) is 46.0 Å². The molecular weight excluding hydrogens is 362 g/mol. The van der Waals surface area contributed by atoms with Gasteiger partial charge in [-0.15, -0.1) is 0 Å². The molecule has 1 spiro atoms. The molecule has 3 N–H and O–H groups in total. The van der Waals surface area contributed by atoms with E-state index in [4.69, 9.17) is 9.84 Å². The lowest BCUT2D eigenvalue weighted by atomic mass is 9.70. The van der Waals surface area contributed by atoms with E-state index in [0.717, 1.165) is 6.42 Å². The number of hydrogen-bond acceptors (Lipinski definition) is 5. The average molecular weight is 396 g/mol. The number of nitrogens with one attached hydrogen (secondary N) is 2. The molecule has 2 bridgehead atoms. The van der Waals surface area contributed by atoms with Crippen LogP contribution in [0.3, 0.4) is 0 Å². The van der Waals surface area contributed by atoms with Crippen molar-refractivity contribution in [2.45, 2.75) is 76.7 Å². The van der Waals surface area contributed by atoms with E-state index >= 15 is 0 Å². The van der Waals surface area contributed by atoms with Gasteiger partial charge in [-0.2, -0.15) is 0 Å². The lowest BCUT2D eigenvalue weighted by Gasteiger charge is -2.34. The second kappa shape index (κ2) is 8.37. The number of carbonyl (C=O) groups is 3. The summed E-state index contributed by atoms with van der Waals surface area (Å²) >= 11 is 0. The van der Waals surface area contributed by atoms with Crippen LogP contribution in [0.5, 0.6) is 0 Å². The van der Waals surface area contributed by atoms with Crippen molar-refractivity contribution in [3.8, 4) is 0 Å². The molecule has 3 fully saturated rings. The molecule has 3 heterocycles. The zero-order valence-corrected chi connectivity index (χ0v) is 17.1. The third kappa shape index (κ3) is 3.41. The number of ether oxygens (including phenoxy) is 1. The van der Waals surface area contributed by atoms with Crippen LogP contribution in [0.25, 0.3) is 0 Å². The molecule has 0 aromatic rings. The van der Waals surface area contributed by atoms with Gasteiger partial charge in [-0.25, -0.2) is 0 Å². The first-order chi connectivity index (χ1) is 13.4. The Morgan fingerprint density at radius 2 is 2.07 bits per heavy atom. The van der Waals surface area contributed by atoms with E-state index in [1.165, 1.54) is 0 Å². The van der Waals surface area contributed by atoms with Crippen LogP contribution in [0.15, 0.2) is 0 Å². The molecule has 0 aromatic carbocycles. The smallest absolute Gasteiger partial charge is 0.246 e. The molecule has 3 amide bonds. The van der Waals surface area contributed by atoms with Crippen molar-refractivity contribution in [3.05, 3.63) is 0 Å². The zero-order valence-electron chi connectivity index (χ0n) is 17.1. The van der Waals surface area contributed by atoms with Gasteiger partial charge in [0, 0.05) is 25.7 Å². The first-order valence-electron chi connectivity index (χ1n) is 10.5. The molecule has 8 nitrogen and oxygen atoms in total. The molecule has 28 heavy (non-hydrogen) atoms. The quantitative estimate of drug-likeness (QED) is 0.483. The van der Waals surface area contributed by atoms with E-state index in [1.807, 2.05) is 20.8 Å². The van der Waals surface area contributed by atoms with Crippen LogP contribution >= 0.6 is 0 Å².